The number of likely N-dealkylation sites (tertiary alicyclic amines) is 1. The Morgan fingerprint density at radius 3 is 2.74 bits per heavy atom. The lowest BCUT2D eigenvalue weighted by atomic mass is 10.1. The van der Waals surface area contributed by atoms with Gasteiger partial charge in [-0.15, -0.1) is 12.4 Å². The van der Waals surface area contributed by atoms with E-state index in [-0.39, 0.29) is 24.4 Å². The maximum absolute atomic E-state index is 12.2. The predicted molar refractivity (Wildman–Crippen MR) is 80.7 cm³/mol. The van der Waals surface area contributed by atoms with Gasteiger partial charge in [0, 0.05) is 25.3 Å². The Kier molecular flexibility index (Phi) is 6.28. The van der Waals surface area contributed by atoms with Crippen molar-refractivity contribution in [2.75, 3.05) is 31.6 Å². The summed E-state index contributed by atoms with van der Waals surface area (Å²) in [5.74, 6) is 0.121. The van der Waals surface area contributed by atoms with E-state index in [1.807, 2.05) is 37.4 Å². The van der Waals surface area contributed by atoms with Gasteiger partial charge in [0.2, 0.25) is 5.91 Å². The molecule has 2 N–H and O–H groups in total. The first-order chi connectivity index (χ1) is 8.66. The maximum Gasteiger partial charge on any atom is 0.240 e. The van der Waals surface area contributed by atoms with Gasteiger partial charge in [0.15, 0.2) is 0 Å². The van der Waals surface area contributed by atoms with Crippen LogP contribution in [0.25, 0.3) is 0 Å². The Labute approximate surface area is 121 Å². The van der Waals surface area contributed by atoms with Crippen molar-refractivity contribution in [1.29, 1.82) is 0 Å². The molecule has 2 rings (SSSR count). The molecule has 0 aromatic heterocycles. The van der Waals surface area contributed by atoms with E-state index in [1.165, 1.54) is 0 Å². The molecule has 1 aromatic rings. The number of carbonyl (C=O) groups is 1. The zero-order valence-electron chi connectivity index (χ0n) is 11.3. The van der Waals surface area contributed by atoms with Gasteiger partial charge in [-0.2, -0.15) is 0 Å². The molecule has 0 unspecified atom stereocenters. The third kappa shape index (κ3) is 4.49. The fourth-order valence-corrected chi connectivity index (χ4v) is 2.33. The van der Waals surface area contributed by atoms with Crippen molar-refractivity contribution in [3.05, 3.63) is 30.3 Å². The summed E-state index contributed by atoms with van der Waals surface area (Å²) in [7, 11) is 1.82. The second-order valence-corrected chi connectivity index (χ2v) is 4.93. The van der Waals surface area contributed by atoms with Crippen LogP contribution in [0.2, 0.25) is 0 Å². The smallest absolute Gasteiger partial charge is 0.240 e. The van der Waals surface area contributed by atoms with E-state index in [2.05, 4.69) is 4.90 Å². The summed E-state index contributed by atoms with van der Waals surface area (Å²) < 4.78 is 0. The third-order valence-corrected chi connectivity index (χ3v) is 3.42. The molecule has 1 atom stereocenters. The molecule has 1 aromatic carbocycles. The molecule has 0 spiro atoms. The van der Waals surface area contributed by atoms with Gasteiger partial charge in [0.25, 0.3) is 0 Å². The zero-order valence-corrected chi connectivity index (χ0v) is 12.1. The van der Waals surface area contributed by atoms with Crippen molar-refractivity contribution < 1.29 is 4.79 Å². The van der Waals surface area contributed by atoms with Crippen LogP contribution in [0.4, 0.5) is 5.69 Å². The summed E-state index contributed by atoms with van der Waals surface area (Å²) in [5.41, 5.74) is 6.86. The Bertz CT molecular complexity index is 399. The number of hydrogen-bond donors (Lipinski definition) is 1. The first-order valence-electron chi connectivity index (χ1n) is 6.46. The van der Waals surface area contributed by atoms with Crippen LogP contribution in [0.5, 0.6) is 0 Å². The molecule has 5 heteroatoms. The van der Waals surface area contributed by atoms with Crippen LogP contribution in [-0.4, -0.2) is 43.5 Å². The maximum atomic E-state index is 12.2. The minimum Gasteiger partial charge on any atom is -0.327 e. The summed E-state index contributed by atoms with van der Waals surface area (Å²) in [5, 5.41) is 0. The number of rotatable bonds is 3. The molecule has 1 aliphatic rings. The topological polar surface area (TPSA) is 49.6 Å². The minimum atomic E-state index is 0. The molecule has 1 saturated heterocycles. The monoisotopic (exact) mass is 283 g/mol. The van der Waals surface area contributed by atoms with Crippen molar-refractivity contribution in [3.63, 3.8) is 0 Å². The van der Waals surface area contributed by atoms with Crippen LogP contribution in [0, 0.1) is 0 Å². The average molecular weight is 284 g/mol. The van der Waals surface area contributed by atoms with Gasteiger partial charge >= 0.3 is 0 Å². The molecule has 106 valence electrons. The van der Waals surface area contributed by atoms with Gasteiger partial charge < -0.3 is 10.6 Å². The molecule has 1 amide bonds. The fraction of sp³-hybridized carbons (Fsp3) is 0.500. The molecular formula is C14H22ClN3O. The number of para-hydroxylation sites is 1. The van der Waals surface area contributed by atoms with E-state index in [1.54, 1.807) is 4.90 Å². The summed E-state index contributed by atoms with van der Waals surface area (Å²) in [6.45, 7) is 2.26. The molecule has 1 aliphatic heterocycles. The summed E-state index contributed by atoms with van der Waals surface area (Å²) in [6, 6.07) is 9.94. The Morgan fingerprint density at radius 2 is 2.11 bits per heavy atom. The van der Waals surface area contributed by atoms with E-state index < -0.39 is 0 Å². The lowest BCUT2D eigenvalue weighted by Crippen LogP contribution is -2.47. The number of amides is 1. The summed E-state index contributed by atoms with van der Waals surface area (Å²) in [6.07, 6.45) is 2.16. The lowest BCUT2D eigenvalue weighted by Gasteiger charge is -2.31. The summed E-state index contributed by atoms with van der Waals surface area (Å²) >= 11 is 0. The number of likely N-dealkylation sites (N-methyl/N-ethyl adjacent to an activating group) is 1. The van der Waals surface area contributed by atoms with Gasteiger partial charge in [0.1, 0.15) is 0 Å². The van der Waals surface area contributed by atoms with Crippen molar-refractivity contribution in [2.45, 2.75) is 18.9 Å². The highest BCUT2D eigenvalue weighted by molar-refractivity contribution is 5.94. The Hall–Kier alpha value is -1.10. The Morgan fingerprint density at radius 1 is 1.42 bits per heavy atom. The number of benzene rings is 1. The fourth-order valence-electron chi connectivity index (χ4n) is 2.33. The second kappa shape index (κ2) is 7.48. The minimum absolute atomic E-state index is 0. The van der Waals surface area contributed by atoms with E-state index >= 15 is 0 Å². The standard InChI is InChI=1S/C14H21N3O.ClH/c1-16(13-7-3-2-4-8-13)14(18)11-17-9-5-6-12(15)10-17;/h2-4,7-8,12H,5-6,9-11,15H2,1H3;1H/t12-;/m1./s1. The van der Waals surface area contributed by atoms with E-state index in [0.29, 0.717) is 6.54 Å². The quantitative estimate of drug-likeness (QED) is 0.914. The first kappa shape index (κ1) is 16.0. The van der Waals surface area contributed by atoms with Gasteiger partial charge in [-0.3, -0.25) is 9.69 Å². The molecular weight excluding hydrogens is 262 g/mol. The number of piperidine rings is 1. The van der Waals surface area contributed by atoms with Gasteiger partial charge in [0.05, 0.1) is 6.54 Å². The number of anilines is 1. The average Bonchev–Trinajstić information content (AvgIpc) is 2.39. The zero-order chi connectivity index (χ0) is 13.0. The van der Waals surface area contributed by atoms with E-state index in [0.717, 1.165) is 31.6 Å². The SMILES string of the molecule is CN(C(=O)CN1CCC[C@@H](N)C1)c1ccccc1.Cl. The van der Waals surface area contributed by atoms with Crippen molar-refractivity contribution >= 4 is 24.0 Å². The second-order valence-electron chi connectivity index (χ2n) is 4.93. The van der Waals surface area contributed by atoms with E-state index in [4.69, 9.17) is 5.73 Å². The molecule has 1 heterocycles. The molecule has 4 nitrogen and oxygen atoms in total. The first-order valence-corrected chi connectivity index (χ1v) is 6.46. The van der Waals surface area contributed by atoms with Crippen LogP contribution >= 0.6 is 12.4 Å². The highest BCUT2D eigenvalue weighted by Gasteiger charge is 2.20. The van der Waals surface area contributed by atoms with Crippen LogP contribution in [0.15, 0.2) is 30.3 Å². The molecule has 0 aliphatic carbocycles. The Balaban J connectivity index is 0.00000180. The molecule has 0 saturated carbocycles. The number of carbonyl (C=O) groups excluding carboxylic acids is 1. The molecule has 19 heavy (non-hydrogen) atoms. The number of halogens is 1. The van der Waals surface area contributed by atoms with Crippen molar-refractivity contribution in [3.8, 4) is 0 Å². The molecule has 0 radical (unpaired) electrons. The van der Waals surface area contributed by atoms with Crippen LogP contribution in [0.1, 0.15) is 12.8 Å². The molecule has 1 fully saturated rings. The van der Waals surface area contributed by atoms with Crippen LogP contribution in [-0.2, 0) is 4.79 Å². The van der Waals surface area contributed by atoms with Gasteiger partial charge in [-0.1, -0.05) is 18.2 Å². The van der Waals surface area contributed by atoms with Crippen LogP contribution in [0.3, 0.4) is 0 Å². The summed E-state index contributed by atoms with van der Waals surface area (Å²) in [4.78, 5) is 16.0. The van der Waals surface area contributed by atoms with E-state index in [9.17, 15) is 4.79 Å². The highest BCUT2D eigenvalue weighted by atomic mass is 35.5. The number of nitrogens with zero attached hydrogens (tertiary/aromatic N) is 2. The largest absolute Gasteiger partial charge is 0.327 e. The number of hydrogen-bond acceptors (Lipinski definition) is 3. The lowest BCUT2D eigenvalue weighted by molar-refractivity contribution is -0.119. The van der Waals surface area contributed by atoms with Crippen LogP contribution < -0.4 is 10.6 Å². The van der Waals surface area contributed by atoms with Gasteiger partial charge in [-0.05, 0) is 31.5 Å². The third-order valence-electron chi connectivity index (χ3n) is 3.42. The number of nitrogens with two attached hydrogens (primary N) is 1. The normalized spacial score (nSPS) is 19.6. The predicted octanol–water partition coefficient (Wildman–Crippen LogP) is 1.49. The van der Waals surface area contributed by atoms with Crippen molar-refractivity contribution in [2.24, 2.45) is 5.73 Å². The van der Waals surface area contributed by atoms with Crippen molar-refractivity contribution in [1.82, 2.24) is 4.90 Å². The molecule has 0 bridgehead atoms. The highest BCUT2D eigenvalue weighted by Crippen LogP contribution is 2.13. The van der Waals surface area contributed by atoms with Gasteiger partial charge in [-0.25, -0.2) is 0 Å².